The molecule has 0 unspecified atom stereocenters. The van der Waals surface area contributed by atoms with Crippen molar-refractivity contribution in [3.05, 3.63) is 24.0 Å². The van der Waals surface area contributed by atoms with Gasteiger partial charge in [-0.2, -0.15) is 5.10 Å². The fourth-order valence-electron chi connectivity index (χ4n) is 2.18. The number of fused-ring (bicyclic) bond motifs is 1. The fourth-order valence-corrected chi connectivity index (χ4v) is 2.18. The molecule has 1 amide bonds. The van der Waals surface area contributed by atoms with Crippen LogP contribution < -0.4 is 5.32 Å². The molecule has 2 heterocycles. The number of carboxylic acids is 1. The number of carboxylic acid groups (broad SMARTS) is 1. The zero-order valence-electron chi connectivity index (χ0n) is 13.1. The lowest BCUT2D eigenvalue weighted by Crippen LogP contribution is -2.44. The average molecular weight is 304 g/mol. The summed E-state index contributed by atoms with van der Waals surface area (Å²) in [5.41, 5.74) is 1.02. The topological polar surface area (TPSA) is 97.1 Å². The van der Waals surface area contributed by atoms with Gasteiger partial charge in [-0.05, 0) is 25.8 Å². The molecular formula is C15H20N4O3. The molecule has 0 aliphatic rings. The van der Waals surface area contributed by atoms with E-state index in [1.54, 1.807) is 30.8 Å². The molecular weight excluding hydrogens is 284 g/mol. The van der Waals surface area contributed by atoms with E-state index in [9.17, 15) is 9.59 Å². The van der Waals surface area contributed by atoms with Gasteiger partial charge < -0.3 is 10.4 Å². The Morgan fingerprint density at radius 1 is 1.23 bits per heavy atom. The smallest absolute Gasteiger partial charge is 0.326 e. The molecule has 2 rings (SSSR count). The monoisotopic (exact) mass is 304 g/mol. The molecule has 0 saturated heterocycles. The van der Waals surface area contributed by atoms with E-state index in [-0.39, 0.29) is 12.0 Å². The number of hydrogen-bond acceptors (Lipinski definition) is 4. The molecule has 0 saturated carbocycles. The Bertz CT molecular complexity index is 706. The summed E-state index contributed by atoms with van der Waals surface area (Å²) in [6.07, 6.45) is 3.09. The number of aromatic nitrogens is 3. The van der Waals surface area contributed by atoms with Gasteiger partial charge >= 0.3 is 5.97 Å². The van der Waals surface area contributed by atoms with Gasteiger partial charge in [-0.1, -0.05) is 13.8 Å². The lowest BCUT2D eigenvalue weighted by molar-refractivity contribution is -0.140. The maximum atomic E-state index is 12.2. The van der Waals surface area contributed by atoms with Gasteiger partial charge in [0.15, 0.2) is 5.65 Å². The summed E-state index contributed by atoms with van der Waals surface area (Å²) in [5, 5.41) is 16.6. The number of aliphatic carboxylic acids is 1. The SMILES string of the molecule is CC(C)[C@@H](NC(=O)c1cnc2c(cnn2C(C)C)c1)C(=O)O. The molecule has 0 spiro atoms. The quantitative estimate of drug-likeness (QED) is 0.878. The van der Waals surface area contributed by atoms with E-state index in [0.717, 1.165) is 5.39 Å². The van der Waals surface area contributed by atoms with Crippen molar-refractivity contribution >= 4 is 22.9 Å². The maximum absolute atomic E-state index is 12.2. The number of amides is 1. The van der Waals surface area contributed by atoms with E-state index < -0.39 is 17.9 Å². The highest BCUT2D eigenvalue weighted by Crippen LogP contribution is 2.17. The van der Waals surface area contributed by atoms with Crippen molar-refractivity contribution in [1.82, 2.24) is 20.1 Å². The van der Waals surface area contributed by atoms with Gasteiger partial charge in [-0.3, -0.25) is 4.79 Å². The van der Waals surface area contributed by atoms with Crippen LogP contribution in [0.5, 0.6) is 0 Å². The Balaban J connectivity index is 2.27. The van der Waals surface area contributed by atoms with Gasteiger partial charge in [-0.15, -0.1) is 0 Å². The van der Waals surface area contributed by atoms with E-state index in [0.29, 0.717) is 11.2 Å². The maximum Gasteiger partial charge on any atom is 0.326 e. The largest absolute Gasteiger partial charge is 0.480 e. The average Bonchev–Trinajstić information content (AvgIpc) is 2.86. The summed E-state index contributed by atoms with van der Waals surface area (Å²) in [4.78, 5) is 27.6. The number of pyridine rings is 1. The highest BCUT2D eigenvalue weighted by molar-refractivity contribution is 5.98. The predicted octanol–water partition coefficient (Wildman–Crippen LogP) is 1.85. The standard InChI is InChI=1S/C15H20N4O3/c1-8(2)12(15(21)22)18-14(20)11-5-10-7-17-19(9(3)4)13(10)16-6-11/h5-9,12H,1-4H3,(H,18,20)(H,21,22)/t12-/m1/s1. The number of nitrogens with one attached hydrogen (secondary N) is 1. The van der Waals surface area contributed by atoms with E-state index in [2.05, 4.69) is 15.4 Å². The molecule has 2 aromatic heterocycles. The third kappa shape index (κ3) is 3.08. The van der Waals surface area contributed by atoms with Gasteiger partial charge in [0, 0.05) is 17.6 Å². The van der Waals surface area contributed by atoms with E-state index in [4.69, 9.17) is 5.11 Å². The van der Waals surface area contributed by atoms with Crippen LogP contribution in [0.25, 0.3) is 11.0 Å². The third-order valence-electron chi connectivity index (χ3n) is 3.40. The van der Waals surface area contributed by atoms with E-state index in [1.807, 2.05) is 13.8 Å². The zero-order valence-corrected chi connectivity index (χ0v) is 13.1. The Kier molecular flexibility index (Phi) is 4.44. The van der Waals surface area contributed by atoms with Crippen molar-refractivity contribution in [1.29, 1.82) is 0 Å². The summed E-state index contributed by atoms with van der Waals surface area (Å²) in [7, 11) is 0. The van der Waals surface area contributed by atoms with Gasteiger partial charge in [-0.25, -0.2) is 14.5 Å². The first-order valence-corrected chi connectivity index (χ1v) is 7.18. The summed E-state index contributed by atoms with van der Waals surface area (Å²) in [6, 6.07) is 0.909. The highest BCUT2D eigenvalue weighted by Gasteiger charge is 2.24. The molecule has 0 bridgehead atoms. The molecule has 2 aromatic rings. The minimum Gasteiger partial charge on any atom is -0.480 e. The fraction of sp³-hybridized carbons (Fsp3) is 0.467. The van der Waals surface area contributed by atoms with Crippen LogP contribution in [0.3, 0.4) is 0 Å². The van der Waals surface area contributed by atoms with Gasteiger partial charge in [0.2, 0.25) is 0 Å². The Labute approximate surface area is 128 Å². The molecule has 0 aliphatic heterocycles. The van der Waals surface area contributed by atoms with Crippen LogP contribution in [0.4, 0.5) is 0 Å². The Morgan fingerprint density at radius 2 is 1.91 bits per heavy atom. The highest BCUT2D eigenvalue weighted by atomic mass is 16.4. The number of carbonyl (C=O) groups excluding carboxylic acids is 1. The van der Waals surface area contributed by atoms with Crippen LogP contribution in [-0.2, 0) is 4.79 Å². The van der Waals surface area contributed by atoms with Crippen molar-refractivity contribution in [3.63, 3.8) is 0 Å². The first-order chi connectivity index (χ1) is 10.3. The summed E-state index contributed by atoms with van der Waals surface area (Å²) in [5.74, 6) is -1.71. The van der Waals surface area contributed by atoms with Gasteiger partial charge in [0.1, 0.15) is 6.04 Å². The number of hydrogen-bond donors (Lipinski definition) is 2. The van der Waals surface area contributed by atoms with Crippen molar-refractivity contribution in [2.75, 3.05) is 0 Å². The van der Waals surface area contributed by atoms with E-state index in [1.165, 1.54) is 6.20 Å². The molecule has 7 heteroatoms. The number of carbonyl (C=O) groups is 2. The molecule has 0 fully saturated rings. The Morgan fingerprint density at radius 3 is 2.45 bits per heavy atom. The number of nitrogens with zero attached hydrogens (tertiary/aromatic N) is 3. The minimum absolute atomic E-state index is 0.169. The van der Waals surface area contributed by atoms with Crippen LogP contribution in [0.2, 0.25) is 0 Å². The van der Waals surface area contributed by atoms with Gasteiger partial charge in [0.25, 0.3) is 5.91 Å². The first kappa shape index (κ1) is 15.9. The predicted molar refractivity (Wildman–Crippen MR) is 81.6 cm³/mol. The van der Waals surface area contributed by atoms with Crippen LogP contribution >= 0.6 is 0 Å². The van der Waals surface area contributed by atoms with E-state index >= 15 is 0 Å². The molecule has 118 valence electrons. The lowest BCUT2D eigenvalue weighted by Gasteiger charge is -2.17. The summed E-state index contributed by atoms with van der Waals surface area (Å²) < 4.78 is 1.77. The first-order valence-electron chi connectivity index (χ1n) is 7.18. The molecule has 1 atom stereocenters. The minimum atomic E-state index is -1.05. The molecule has 2 N–H and O–H groups in total. The lowest BCUT2D eigenvalue weighted by atomic mass is 10.0. The van der Waals surface area contributed by atoms with Gasteiger partial charge in [0.05, 0.1) is 11.8 Å². The van der Waals surface area contributed by atoms with Crippen molar-refractivity contribution in [2.24, 2.45) is 5.92 Å². The molecule has 7 nitrogen and oxygen atoms in total. The normalized spacial score (nSPS) is 12.8. The third-order valence-corrected chi connectivity index (χ3v) is 3.40. The Hall–Kier alpha value is -2.44. The summed E-state index contributed by atoms with van der Waals surface area (Å²) >= 11 is 0. The van der Waals surface area contributed by atoms with Crippen LogP contribution in [0, 0.1) is 5.92 Å². The van der Waals surface area contributed by atoms with Crippen molar-refractivity contribution in [3.8, 4) is 0 Å². The molecule has 0 radical (unpaired) electrons. The number of rotatable bonds is 5. The van der Waals surface area contributed by atoms with Crippen molar-refractivity contribution in [2.45, 2.75) is 39.8 Å². The van der Waals surface area contributed by atoms with Crippen molar-refractivity contribution < 1.29 is 14.7 Å². The van der Waals surface area contributed by atoms with Crippen LogP contribution in [0.15, 0.2) is 18.5 Å². The van der Waals surface area contributed by atoms with Crippen LogP contribution in [0.1, 0.15) is 44.1 Å². The second-order valence-corrected chi connectivity index (χ2v) is 5.85. The second kappa shape index (κ2) is 6.13. The second-order valence-electron chi connectivity index (χ2n) is 5.85. The molecule has 0 aliphatic carbocycles. The molecule has 0 aromatic carbocycles. The zero-order chi connectivity index (χ0) is 16.4. The van der Waals surface area contributed by atoms with Crippen LogP contribution in [-0.4, -0.2) is 37.8 Å². The summed E-state index contributed by atoms with van der Waals surface area (Å²) in [6.45, 7) is 7.48. The molecule has 22 heavy (non-hydrogen) atoms.